The van der Waals surface area contributed by atoms with Crippen molar-refractivity contribution in [3.05, 3.63) is 40.4 Å². The van der Waals surface area contributed by atoms with E-state index in [0.29, 0.717) is 34.6 Å². The molecule has 0 aliphatic heterocycles. The Balaban J connectivity index is 0.00000176. The first kappa shape index (κ1) is 16.1. The van der Waals surface area contributed by atoms with Crippen molar-refractivity contribution in [2.24, 2.45) is 0 Å². The van der Waals surface area contributed by atoms with Crippen LogP contribution < -0.4 is 10.9 Å². The van der Waals surface area contributed by atoms with Crippen molar-refractivity contribution >= 4 is 23.2 Å². The summed E-state index contributed by atoms with van der Waals surface area (Å²) in [6, 6.07) is 7.44. The number of nitrogens with zero attached hydrogens (tertiary/aromatic N) is 3. The van der Waals surface area contributed by atoms with Gasteiger partial charge < -0.3 is 9.84 Å². The molecule has 0 radical (unpaired) electrons. The number of benzene rings is 1. The summed E-state index contributed by atoms with van der Waals surface area (Å²) in [5, 5.41) is 14.8. The minimum atomic E-state index is -0.238. The van der Waals surface area contributed by atoms with Crippen molar-refractivity contribution in [2.75, 3.05) is 7.05 Å². The lowest BCUT2D eigenvalue weighted by Crippen LogP contribution is -2.24. The highest BCUT2D eigenvalue weighted by Gasteiger charge is 2.16. The van der Waals surface area contributed by atoms with E-state index < -0.39 is 0 Å². The lowest BCUT2D eigenvalue weighted by Gasteiger charge is -2.04. The zero-order chi connectivity index (χ0) is 14.8. The molecule has 0 saturated carbocycles. The molecule has 8 heteroatoms. The molecule has 1 unspecified atom stereocenters. The molecular formula is C14H16ClN5O2. The summed E-state index contributed by atoms with van der Waals surface area (Å²) in [5.74, 6) is 0.907. The number of likely N-dealkylation sites (N-methyl/N-ethyl adjacent to an activating group) is 1. The molecule has 0 aliphatic carbocycles. The van der Waals surface area contributed by atoms with Gasteiger partial charge in [-0.2, -0.15) is 10.1 Å². The molecule has 116 valence electrons. The molecule has 7 nitrogen and oxygen atoms in total. The largest absolute Gasteiger partial charge is 0.332 e. The van der Waals surface area contributed by atoms with Crippen molar-refractivity contribution in [2.45, 2.75) is 19.4 Å². The Labute approximate surface area is 132 Å². The van der Waals surface area contributed by atoms with Crippen molar-refractivity contribution in [3.8, 4) is 11.6 Å². The normalized spacial score (nSPS) is 12.1. The minimum Gasteiger partial charge on any atom is -0.332 e. The minimum absolute atomic E-state index is 0. The van der Waals surface area contributed by atoms with Gasteiger partial charge in [-0.15, -0.1) is 12.4 Å². The van der Waals surface area contributed by atoms with E-state index in [4.69, 9.17) is 4.52 Å². The van der Waals surface area contributed by atoms with Crippen molar-refractivity contribution < 1.29 is 4.52 Å². The first-order chi connectivity index (χ1) is 10.2. The summed E-state index contributed by atoms with van der Waals surface area (Å²) in [7, 11) is 1.88. The fraction of sp³-hybridized carbons (Fsp3) is 0.286. The maximum Gasteiger partial charge on any atom is 0.279 e. The van der Waals surface area contributed by atoms with E-state index in [1.54, 1.807) is 12.1 Å². The molecule has 2 aromatic heterocycles. The van der Waals surface area contributed by atoms with Crippen molar-refractivity contribution in [1.82, 2.24) is 25.7 Å². The molecule has 0 bridgehead atoms. The summed E-state index contributed by atoms with van der Waals surface area (Å²) in [6.45, 7) is 2.03. The molecule has 0 amide bonds. The van der Waals surface area contributed by atoms with Gasteiger partial charge in [0.25, 0.3) is 11.4 Å². The number of fused-ring (bicyclic) bond motifs is 1. The molecule has 0 aliphatic rings. The standard InChI is InChI=1S/C14H15N5O2.ClH/c1-8(15-2)7-11-16-14(21-19-11)12-9-5-3-4-6-10(9)13(20)18-17-12;/h3-6,8,15H,7H2,1-2H3,(H,18,20);1H. The lowest BCUT2D eigenvalue weighted by atomic mass is 10.1. The predicted molar refractivity (Wildman–Crippen MR) is 85.1 cm³/mol. The Morgan fingerprint density at radius 3 is 2.77 bits per heavy atom. The van der Waals surface area contributed by atoms with Gasteiger partial charge in [-0.1, -0.05) is 23.4 Å². The van der Waals surface area contributed by atoms with Gasteiger partial charge in [0, 0.05) is 17.8 Å². The van der Waals surface area contributed by atoms with Crippen LogP contribution >= 0.6 is 12.4 Å². The van der Waals surface area contributed by atoms with E-state index in [9.17, 15) is 4.79 Å². The zero-order valence-electron chi connectivity index (χ0n) is 12.2. The van der Waals surface area contributed by atoms with Crippen LogP contribution in [0.4, 0.5) is 0 Å². The summed E-state index contributed by atoms with van der Waals surface area (Å²) >= 11 is 0. The molecule has 1 aromatic carbocycles. The van der Waals surface area contributed by atoms with Crippen LogP contribution in [0.5, 0.6) is 0 Å². The maximum atomic E-state index is 11.8. The number of rotatable bonds is 4. The predicted octanol–water partition coefficient (Wildman–Crippen LogP) is 1.55. The second-order valence-corrected chi connectivity index (χ2v) is 4.86. The van der Waals surface area contributed by atoms with Gasteiger partial charge in [0.05, 0.1) is 5.39 Å². The molecular weight excluding hydrogens is 306 g/mol. The second kappa shape index (κ2) is 6.67. The van der Waals surface area contributed by atoms with Crippen LogP contribution in [0.2, 0.25) is 0 Å². The Kier molecular flexibility index (Phi) is 4.89. The third-order valence-electron chi connectivity index (χ3n) is 3.35. The number of H-pyrrole nitrogens is 1. The van der Waals surface area contributed by atoms with Gasteiger partial charge in [0.2, 0.25) is 0 Å². The molecule has 22 heavy (non-hydrogen) atoms. The zero-order valence-corrected chi connectivity index (χ0v) is 13.0. The molecule has 3 rings (SSSR count). The highest BCUT2D eigenvalue weighted by Crippen LogP contribution is 2.22. The van der Waals surface area contributed by atoms with Crippen LogP contribution in [-0.2, 0) is 6.42 Å². The third kappa shape index (κ3) is 3.00. The number of aromatic amines is 1. The van der Waals surface area contributed by atoms with E-state index in [1.165, 1.54) is 0 Å². The van der Waals surface area contributed by atoms with Crippen LogP contribution in [0.15, 0.2) is 33.6 Å². The summed E-state index contributed by atoms with van der Waals surface area (Å²) in [6.07, 6.45) is 0.654. The molecule has 0 fully saturated rings. The van der Waals surface area contributed by atoms with E-state index in [0.717, 1.165) is 0 Å². The second-order valence-electron chi connectivity index (χ2n) is 4.86. The van der Waals surface area contributed by atoms with Crippen LogP contribution in [0.3, 0.4) is 0 Å². The van der Waals surface area contributed by atoms with Crippen LogP contribution in [0.1, 0.15) is 12.7 Å². The van der Waals surface area contributed by atoms with Crippen molar-refractivity contribution in [1.29, 1.82) is 0 Å². The molecule has 2 heterocycles. The molecule has 0 saturated heterocycles. The van der Waals surface area contributed by atoms with Gasteiger partial charge in [-0.3, -0.25) is 4.79 Å². The number of halogens is 1. The summed E-state index contributed by atoms with van der Waals surface area (Å²) < 4.78 is 5.27. The highest BCUT2D eigenvalue weighted by atomic mass is 35.5. The third-order valence-corrected chi connectivity index (χ3v) is 3.35. The van der Waals surface area contributed by atoms with E-state index in [1.807, 2.05) is 26.1 Å². The van der Waals surface area contributed by atoms with Gasteiger partial charge >= 0.3 is 0 Å². The van der Waals surface area contributed by atoms with E-state index >= 15 is 0 Å². The Morgan fingerprint density at radius 1 is 1.32 bits per heavy atom. The smallest absolute Gasteiger partial charge is 0.279 e. The number of nitrogens with one attached hydrogen (secondary N) is 2. The quantitative estimate of drug-likeness (QED) is 0.756. The van der Waals surface area contributed by atoms with Gasteiger partial charge in [0.1, 0.15) is 0 Å². The number of aromatic nitrogens is 4. The van der Waals surface area contributed by atoms with Crippen molar-refractivity contribution in [3.63, 3.8) is 0 Å². The van der Waals surface area contributed by atoms with Gasteiger partial charge in [-0.05, 0) is 20.0 Å². The Hall–Kier alpha value is -2.25. The van der Waals surface area contributed by atoms with Crippen LogP contribution in [-0.4, -0.2) is 33.4 Å². The first-order valence-electron chi connectivity index (χ1n) is 6.66. The Bertz CT molecular complexity index is 829. The summed E-state index contributed by atoms with van der Waals surface area (Å²) in [4.78, 5) is 16.1. The monoisotopic (exact) mass is 321 g/mol. The molecule has 1 atom stereocenters. The average Bonchev–Trinajstić information content (AvgIpc) is 2.96. The van der Waals surface area contributed by atoms with Crippen LogP contribution in [0.25, 0.3) is 22.4 Å². The number of hydrogen-bond donors (Lipinski definition) is 2. The SMILES string of the molecule is CNC(C)Cc1noc(-c2n[nH]c(=O)c3ccccc23)n1.Cl. The molecule has 3 aromatic rings. The highest BCUT2D eigenvalue weighted by molar-refractivity contribution is 5.91. The fourth-order valence-electron chi connectivity index (χ4n) is 2.09. The van der Waals surface area contributed by atoms with Crippen LogP contribution in [0, 0.1) is 0 Å². The maximum absolute atomic E-state index is 11.8. The van der Waals surface area contributed by atoms with Gasteiger partial charge in [-0.25, -0.2) is 5.10 Å². The summed E-state index contributed by atoms with van der Waals surface area (Å²) in [5.41, 5.74) is 0.249. The Morgan fingerprint density at radius 2 is 2.05 bits per heavy atom. The first-order valence-corrected chi connectivity index (χ1v) is 6.66. The molecule has 0 spiro atoms. The average molecular weight is 322 g/mol. The molecule has 2 N–H and O–H groups in total. The van der Waals surface area contributed by atoms with E-state index in [2.05, 4.69) is 25.7 Å². The lowest BCUT2D eigenvalue weighted by molar-refractivity contribution is 0.417. The topological polar surface area (TPSA) is 96.7 Å². The van der Waals surface area contributed by atoms with E-state index in [-0.39, 0.29) is 24.0 Å². The fourth-order valence-corrected chi connectivity index (χ4v) is 2.09. The van der Waals surface area contributed by atoms with Gasteiger partial charge in [0.15, 0.2) is 11.5 Å². The number of hydrogen-bond acceptors (Lipinski definition) is 6.